The van der Waals surface area contributed by atoms with Crippen LogP contribution in [0.25, 0.3) is 11.3 Å². The zero-order valence-electron chi connectivity index (χ0n) is 27.8. The maximum atomic E-state index is 12.7. The molecule has 48 heavy (non-hydrogen) atoms. The lowest BCUT2D eigenvalue weighted by Gasteiger charge is -2.34. The quantitative estimate of drug-likeness (QED) is 0.0888. The van der Waals surface area contributed by atoms with Crippen LogP contribution in [0.3, 0.4) is 0 Å². The van der Waals surface area contributed by atoms with Gasteiger partial charge < -0.3 is 15.1 Å². The smallest absolute Gasteiger partial charge is 0.302 e. The average Bonchev–Trinajstić information content (AvgIpc) is 3.13. The van der Waals surface area contributed by atoms with E-state index < -0.39 is 0 Å². The normalized spacial score (nSPS) is 13.8. The van der Waals surface area contributed by atoms with Crippen molar-refractivity contribution in [2.45, 2.75) is 77.2 Å². The summed E-state index contributed by atoms with van der Waals surface area (Å²) >= 11 is 5.69. The van der Waals surface area contributed by atoms with Gasteiger partial charge in [0, 0.05) is 62.3 Å². The summed E-state index contributed by atoms with van der Waals surface area (Å²) in [5.74, 6) is 1.97. The zero-order chi connectivity index (χ0) is 33.0. The second-order valence-electron chi connectivity index (χ2n) is 12.7. The van der Waals surface area contributed by atoms with Crippen LogP contribution in [0.2, 0.25) is 0 Å². The van der Waals surface area contributed by atoms with Gasteiger partial charge in [0.05, 0.1) is 0 Å². The fourth-order valence-electron chi connectivity index (χ4n) is 6.64. The van der Waals surface area contributed by atoms with Gasteiger partial charge in [-0.25, -0.2) is 15.3 Å². The Kier molecular flexibility index (Phi) is 11.9. The van der Waals surface area contributed by atoms with Gasteiger partial charge in [0.2, 0.25) is 11.9 Å². The highest BCUT2D eigenvalue weighted by Gasteiger charge is 2.24. The van der Waals surface area contributed by atoms with Gasteiger partial charge >= 0.3 is 5.82 Å². The monoisotopic (exact) mass is 663 g/mol. The number of nitrogens with zero attached hydrogens (tertiary/aromatic N) is 6. The van der Waals surface area contributed by atoms with Crippen LogP contribution in [0.1, 0.15) is 68.9 Å². The molecule has 4 aromatic rings. The SMILES string of the molecule is O=C(CCCCCCCCCC[n+]1nc2c(cc1NC(=S)Nc1ccccc1)CCc1ccccc1-2)N1CCN(c2ncccn2)CC1. The highest BCUT2D eigenvalue weighted by Crippen LogP contribution is 2.32. The van der Waals surface area contributed by atoms with E-state index in [9.17, 15) is 4.79 Å². The fourth-order valence-corrected chi connectivity index (χ4v) is 6.86. The summed E-state index contributed by atoms with van der Waals surface area (Å²) in [6.07, 6.45) is 15.3. The number of fused-ring (bicyclic) bond motifs is 3. The number of nitrogens with one attached hydrogen (secondary N) is 2. The largest absolute Gasteiger partial charge is 0.339 e. The van der Waals surface area contributed by atoms with Crippen LogP contribution in [0, 0.1) is 0 Å². The number of rotatable bonds is 14. The first-order chi connectivity index (χ1) is 23.6. The standard InChI is InChI=1S/C38H46N8OS/c47-35(44-25-27-45(28-26-44)37-39-22-14-23-40-37)19-10-5-3-1-2-4-6-13-24-46-34(42-38(48)41-32-16-8-7-9-17-32)29-31-21-20-30-15-11-12-18-33(30)36(31)43-46/h7-9,11-12,14-18,22-23,29H,1-6,10,13,19-21,24-28H2,(H,41,48)/p+1. The third kappa shape index (κ3) is 9.13. The van der Waals surface area contributed by atoms with E-state index in [1.165, 1.54) is 42.4 Å². The van der Waals surface area contributed by atoms with E-state index in [2.05, 4.69) is 60.5 Å². The Morgan fingerprint density at radius 1 is 0.750 bits per heavy atom. The van der Waals surface area contributed by atoms with E-state index >= 15 is 0 Å². The molecule has 250 valence electrons. The fraction of sp³-hybridized carbons (Fsp3) is 0.421. The number of para-hydroxylation sites is 1. The molecule has 2 aromatic carbocycles. The summed E-state index contributed by atoms with van der Waals surface area (Å²) < 4.78 is 2.10. The molecule has 1 saturated heterocycles. The van der Waals surface area contributed by atoms with E-state index in [-0.39, 0.29) is 5.91 Å². The van der Waals surface area contributed by atoms with Crippen molar-refractivity contribution in [2.24, 2.45) is 0 Å². The number of hydrogen-bond donors (Lipinski definition) is 2. The summed E-state index contributed by atoms with van der Waals surface area (Å²) in [6, 6.07) is 22.7. The number of aromatic nitrogens is 4. The molecule has 9 nitrogen and oxygen atoms in total. The van der Waals surface area contributed by atoms with E-state index in [4.69, 9.17) is 17.3 Å². The van der Waals surface area contributed by atoms with Gasteiger partial charge in [-0.1, -0.05) is 79.7 Å². The van der Waals surface area contributed by atoms with Gasteiger partial charge in [0.15, 0.2) is 0 Å². The predicted molar refractivity (Wildman–Crippen MR) is 196 cm³/mol. The molecule has 6 rings (SSSR count). The Morgan fingerprint density at radius 2 is 1.42 bits per heavy atom. The number of carbonyl (C=O) groups is 1. The van der Waals surface area contributed by atoms with Crippen molar-refractivity contribution in [1.82, 2.24) is 20.0 Å². The molecule has 2 N–H and O–H groups in total. The number of benzene rings is 2. The second-order valence-corrected chi connectivity index (χ2v) is 13.1. The molecule has 0 saturated carbocycles. The van der Waals surface area contributed by atoms with E-state index in [0.29, 0.717) is 11.5 Å². The number of aryl methyl sites for hydroxylation is 3. The summed E-state index contributed by atoms with van der Waals surface area (Å²) in [5, 5.41) is 12.5. The molecule has 0 spiro atoms. The number of unbranched alkanes of at least 4 members (excludes halogenated alkanes) is 7. The average molecular weight is 664 g/mol. The van der Waals surface area contributed by atoms with Gasteiger partial charge in [-0.3, -0.25) is 4.79 Å². The molecular formula is C38H47N8OS+. The Labute approximate surface area is 289 Å². The first-order valence-electron chi connectivity index (χ1n) is 17.6. The van der Waals surface area contributed by atoms with Crippen molar-refractivity contribution in [3.8, 4) is 11.3 Å². The van der Waals surface area contributed by atoms with Crippen LogP contribution in [-0.2, 0) is 24.2 Å². The maximum Gasteiger partial charge on any atom is 0.302 e. The van der Waals surface area contributed by atoms with Crippen LogP contribution in [-0.4, -0.2) is 57.2 Å². The highest BCUT2D eigenvalue weighted by molar-refractivity contribution is 7.80. The lowest BCUT2D eigenvalue weighted by Crippen LogP contribution is -2.49. The Hall–Kier alpha value is -4.44. The molecule has 0 bridgehead atoms. The molecule has 1 aliphatic carbocycles. The third-order valence-electron chi connectivity index (χ3n) is 9.30. The van der Waals surface area contributed by atoms with Gasteiger partial charge in [0.25, 0.3) is 5.11 Å². The van der Waals surface area contributed by atoms with Gasteiger partial charge in [-0.15, -0.1) is 4.68 Å². The Bertz CT molecular complexity index is 1640. The van der Waals surface area contributed by atoms with Crippen molar-refractivity contribution in [3.05, 3.63) is 90.3 Å². The van der Waals surface area contributed by atoms with Crippen LogP contribution in [0.4, 0.5) is 17.5 Å². The Morgan fingerprint density at radius 3 is 2.19 bits per heavy atom. The van der Waals surface area contributed by atoms with Crippen molar-refractivity contribution in [3.63, 3.8) is 0 Å². The minimum Gasteiger partial charge on any atom is -0.339 e. The summed E-state index contributed by atoms with van der Waals surface area (Å²) in [5.41, 5.74) is 5.92. The number of amides is 1. The molecule has 3 heterocycles. The summed E-state index contributed by atoms with van der Waals surface area (Å²) in [4.78, 5) is 25.5. The van der Waals surface area contributed by atoms with Crippen molar-refractivity contribution in [2.75, 3.05) is 41.7 Å². The van der Waals surface area contributed by atoms with E-state index in [1.54, 1.807) is 12.4 Å². The number of hydrogen-bond acceptors (Lipinski definition) is 6. The summed E-state index contributed by atoms with van der Waals surface area (Å²) in [6.45, 7) is 3.92. The first-order valence-corrected chi connectivity index (χ1v) is 18.0. The lowest BCUT2D eigenvalue weighted by atomic mass is 9.89. The molecule has 1 amide bonds. The maximum absolute atomic E-state index is 12.7. The second kappa shape index (κ2) is 17.1. The predicted octanol–water partition coefficient (Wildman–Crippen LogP) is 6.59. The Balaban J connectivity index is 0.909. The minimum atomic E-state index is 0.283. The van der Waals surface area contributed by atoms with Crippen molar-refractivity contribution in [1.29, 1.82) is 0 Å². The lowest BCUT2D eigenvalue weighted by molar-refractivity contribution is -0.740. The molecule has 2 aromatic heterocycles. The molecule has 2 aliphatic rings. The van der Waals surface area contributed by atoms with Crippen LogP contribution < -0.4 is 20.2 Å². The van der Waals surface area contributed by atoms with Crippen molar-refractivity contribution < 1.29 is 9.48 Å². The molecule has 0 unspecified atom stereocenters. The topological polar surface area (TPSA) is 90.2 Å². The van der Waals surface area contributed by atoms with E-state index in [1.807, 2.05) is 41.3 Å². The molecule has 10 heteroatoms. The number of piperazine rings is 1. The first kappa shape index (κ1) is 33.5. The van der Waals surface area contributed by atoms with Crippen molar-refractivity contribution >= 4 is 40.7 Å². The molecule has 1 fully saturated rings. The van der Waals surface area contributed by atoms with E-state index in [0.717, 1.165) is 94.4 Å². The molecule has 1 aliphatic heterocycles. The van der Waals surface area contributed by atoms with Crippen LogP contribution in [0.15, 0.2) is 79.1 Å². The minimum absolute atomic E-state index is 0.283. The number of anilines is 3. The highest BCUT2D eigenvalue weighted by atomic mass is 32.1. The van der Waals surface area contributed by atoms with Crippen LogP contribution >= 0.6 is 12.2 Å². The molecule has 0 atom stereocenters. The third-order valence-corrected chi connectivity index (χ3v) is 9.51. The van der Waals surface area contributed by atoms with Gasteiger partial charge in [-0.05, 0) is 73.6 Å². The van der Waals surface area contributed by atoms with Crippen LogP contribution in [0.5, 0.6) is 0 Å². The van der Waals surface area contributed by atoms with Gasteiger partial charge in [0.1, 0.15) is 12.2 Å². The number of thiocarbonyl (C=S) groups is 1. The number of carbonyl (C=O) groups excluding carboxylic acids is 1. The molecular weight excluding hydrogens is 617 g/mol. The summed E-state index contributed by atoms with van der Waals surface area (Å²) in [7, 11) is 0. The molecule has 0 radical (unpaired) electrons. The van der Waals surface area contributed by atoms with Gasteiger partial charge in [-0.2, -0.15) is 0 Å². The zero-order valence-corrected chi connectivity index (χ0v) is 28.6.